The molecule has 0 bridgehead atoms. The van der Waals surface area contributed by atoms with E-state index in [1.807, 2.05) is 6.92 Å². The highest BCUT2D eigenvalue weighted by atomic mass is 16.1. The van der Waals surface area contributed by atoms with E-state index in [2.05, 4.69) is 0 Å². The number of primary amides is 1. The lowest BCUT2D eigenvalue weighted by molar-refractivity contribution is -0.113. The van der Waals surface area contributed by atoms with Gasteiger partial charge in [-0.3, -0.25) is 9.59 Å². The standard InChI is InChI=1S/C13H15NO2/c1-2-3-12(15)11-7-4-10(5-8-11)6-9-13(14)16/h4-9H,2-3H2,1H3,(H2,14,16)/b9-6+. The van der Waals surface area contributed by atoms with E-state index in [0.717, 1.165) is 12.0 Å². The van der Waals surface area contributed by atoms with Gasteiger partial charge in [0.1, 0.15) is 0 Å². The molecule has 1 aromatic rings. The number of carbonyl (C=O) groups excluding carboxylic acids is 2. The van der Waals surface area contributed by atoms with Gasteiger partial charge in [-0.2, -0.15) is 0 Å². The number of benzene rings is 1. The minimum atomic E-state index is -0.480. The lowest BCUT2D eigenvalue weighted by Gasteiger charge is -1.99. The fourth-order valence-corrected chi connectivity index (χ4v) is 1.33. The summed E-state index contributed by atoms with van der Waals surface area (Å²) < 4.78 is 0. The van der Waals surface area contributed by atoms with Crippen LogP contribution in [0.4, 0.5) is 0 Å². The van der Waals surface area contributed by atoms with Crippen molar-refractivity contribution >= 4 is 17.8 Å². The molecule has 0 radical (unpaired) electrons. The monoisotopic (exact) mass is 217 g/mol. The summed E-state index contributed by atoms with van der Waals surface area (Å²) in [6, 6.07) is 7.11. The third-order valence-electron chi connectivity index (χ3n) is 2.15. The molecule has 0 heterocycles. The van der Waals surface area contributed by atoms with Gasteiger partial charge >= 0.3 is 0 Å². The lowest BCUT2D eigenvalue weighted by atomic mass is 10.0. The van der Waals surface area contributed by atoms with Gasteiger partial charge in [0.05, 0.1) is 0 Å². The van der Waals surface area contributed by atoms with E-state index in [1.54, 1.807) is 30.3 Å². The molecular formula is C13H15NO2. The summed E-state index contributed by atoms with van der Waals surface area (Å²) in [6.45, 7) is 1.97. The number of nitrogens with two attached hydrogens (primary N) is 1. The van der Waals surface area contributed by atoms with Crippen molar-refractivity contribution in [3.8, 4) is 0 Å². The quantitative estimate of drug-likeness (QED) is 0.607. The predicted octanol–water partition coefficient (Wildman–Crippen LogP) is 2.17. The molecule has 0 saturated carbocycles. The molecule has 0 saturated heterocycles. The van der Waals surface area contributed by atoms with Crippen molar-refractivity contribution in [1.29, 1.82) is 0 Å². The topological polar surface area (TPSA) is 60.2 Å². The molecule has 3 heteroatoms. The van der Waals surface area contributed by atoms with E-state index >= 15 is 0 Å². The van der Waals surface area contributed by atoms with Crippen LogP contribution < -0.4 is 5.73 Å². The van der Waals surface area contributed by atoms with Gasteiger partial charge in [0.15, 0.2) is 5.78 Å². The second-order valence-electron chi connectivity index (χ2n) is 3.53. The number of hydrogen-bond donors (Lipinski definition) is 1. The first-order valence-electron chi connectivity index (χ1n) is 5.24. The van der Waals surface area contributed by atoms with Crippen LogP contribution in [0.25, 0.3) is 6.08 Å². The molecule has 1 aromatic carbocycles. The fourth-order valence-electron chi connectivity index (χ4n) is 1.33. The second kappa shape index (κ2) is 5.85. The molecule has 0 atom stereocenters. The molecule has 0 spiro atoms. The third kappa shape index (κ3) is 3.69. The zero-order chi connectivity index (χ0) is 12.0. The second-order valence-corrected chi connectivity index (χ2v) is 3.53. The Morgan fingerprint density at radius 3 is 2.38 bits per heavy atom. The minimum Gasteiger partial charge on any atom is -0.366 e. The van der Waals surface area contributed by atoms with Gasteiger partial charge in [0, 0.05) is 18.1 Å². The van der Waals surface area contributed by atoms with Gasteiger partial charge in [0.25, 0.3) is 0 Å². The Morgan fingerprint density at radius 1 is 1.25 bits per heavy atom. The maximum Gasteiger partial charge on any atom is 0.241 e. The molecule has 0 aliphatic heterocycles. The normalized spacial score (nSPS) is 10.6. The molecule has 84 valence electrons. The molecule has 0 unspecified atom stereocenters. The van der Waals surface area contributed by atoms with Crippen LogP contribution in [0, 0.1) is 0 Å². The van der Waals surface area contributed by atoms with Crippen LogP contribution in [0.3, 0.4) is 0 Å². The van der Waals surface area contributed by atoms with Crippen LogP contribution in [-0.4, -0.2) is 11.7 Å². The van der Waals surface area contributed by atoms with Crippen molar-refractivity contribution in [3.05, 3.63) is 41.5 Å². The van der Waals surface area contributed by atoms with Gasteiger partial charge in [-0.05, 0) is 18.1 Å². The first-order chi connectivity index (χ1) is 7.63. The van der Waals surface area contributed by atoms with E-state index in [4.69, 9.17) is 5.73 Å². The maximum atomic E-state index is 11.5. The maximum absolute atomic E-state index is 11.5. The van der Waals surface area contributed by atoms with Gasteiger partial charge in [-0.1, -0.05) is 31.2 Å². The Kier molecular flexibility index (Phi) is 4.45. The van der Waals surface area contributed by atoms with Crippen LogP contribution in [0.1, 0.15) is 35.7 Å². The van der Waals surface area contributed by atoms with E-state index in [1.165, 1.54) is 6.08 Å². The van der Waals surface area contributed by atoms with E-state index < -0.39 is 5.91 Å². The Balaban J connectivity index is 2.75. The average molecular weight is 217 g/mol. The summed E-state index contributed by atoms with van der Waals surface area (Å²) >= 11 is 0. The van der Waals surface area contributed by atoms with Crippen LogP contribution in [0.5, 0.6) is 0 Å². The summed E-state index contributed by atoms with van der Waals surface area (Å²) in [5.74, 6) is -0.334. The molecule has 0 aliphatic rings. The number of hydrogen-bond acceptors (Lipinski definition) is 2. The highest BCUT2D eigenvalue weighted by molar-refractivity contribution is 5.96. The van der Waals surface area contributed by atoms with Crippen LogP contribution in [0.2, 0.25) is 0 Å². The molecule has 16 heavy (non-hydrogen) atoms. The van der Waals surface area contributed by atoms with Crippen molar-refractivity contribution in [2.75, 3.05) is 0 Å². The van der Waals surface area contributed by atoms with Crippen molar-refractivity contribution in [3.63, 3.8) is 0 Å². The Bertz CT molecular complexity index is 404. The summed E-state index contributed by atoms with van der Waals surface area (Å²) in [5.41, 5.74) is 6.54. The first-order valence-corrected chi connectivity index (χ1v) is 5.24. The SMILES string of the molecule is CCCC(=O)c1ccc(/C=C/C(N)=O)cc1. The molecule has 3 nitrogen and oxygen atoms in total. The fraction of sp³-hybridized carbons (Fsp3) is 0.231. The number of amides is 1. The molecule has 0 aliphatic carbocycles. The van der Waals surface area contributed by atoms with Crippen molar-refractivity contribution in [1.82, 2.24) is 0 Å². The molecule has 1 rings (SSSR count). The highest BCUT2D eigenvalue weighted by Gasteiger charge is 2.02. The summed E-state index contributed by atoms with van der Waals surface area (Å²) in [5, 5.41) is 0. The molecular weight excluding hydrogens is 202 g/mol. The number of Topliss-reactive ketones (excluding diaryl/α,β-unsaturated/α-hetero) is 1. The Morgan fingerprint density at radius 2 is 1.88 bits per heavy atom. The van der Waals surface area contributed by atoms with E-state index in [-0.39, 0.29) is 5.78 Å². The summed E-state index contributed by atoms with van der Waals surface area (Å²) in [6.07, 6.45) is 4.33. The van der Waals surface area contributed by atoms with Crippen molar-refractivity contribution in [2.45, 2.75) is 19.8 Å². The third-order valence-corrected chi connectivity index (χ3v) is 2.15. The smallest absolute Gasteiger partial charge is 0.241 e. The molecule has 0 aromatic heterocycles. The summed E-state index contributed by atoms with van der Waals surface area (Å²) in [7, 11) is 0. The average Bonchev–Trinajstić information content (AvgIpc) is 2.27. The van der Waals surface area contributed by atoms with Crippen LogP contribution in [0.15, 0.2) is 30.3 Å². The Hall–Kier alpha value is -1.90. The van der Waals surface area contributed by atoms with E-state index in [9.17, 15) is 9.59 Å². The van der Waals surface area contributed by atoms with Gasteiger partial charge in [-0.15, -0.1) is 0 Å². The molecule has 2 N–H and O–H groups in total. The van der Waals surface area contributed by atoms with Gasteiger partial charge < -0.3 is 5.73 Å². The van der Waals surface area contributed by atoms with Crippen molar-refractivity contribution in [2.24, 2.45) is 5.73 Å². The van der Waals surface area contributed by atoms with Crippen LogP contribution >= 0.6 is 0 Å². The number of rotatable bonds is 5. The molecule has 1 amide bonds. The largest absolute Gasteiger partial charge is 0.366 e. The number of ketones is 1. The van der Waals surface area contributed by atoms with E-state index in [0.29, 0.717) is 12.0 Å². The van der Waals surface area contributed by atoms with Gasteiger partial charge in [0.2, 0.25) is 5.91 Å². The Labute approximate surface area is 95.0 Å². The number of carbonyl (C=O) groups is 2. The van der Waals surface area contributed by atoms with Gasteiger partial charge in [-0.25, -0.2) is 0 Å². The lowest BCUT2D eigenvalue weighted by Crippen LogP contribution is -2.05. The minimum absolute atomic E-state index is 0.146. The summed E-state index contributed by atoms with van der Waals surface area (Å²) in [4.78, 5) is 22.0. The molecule has 0 fully saturated rings. The van der Waals surface area contributed by atoms with Crippen molar-refractivity contribution < 1.29 is 9.59 Å². The first kappa shape index (κ1) is 12.2. The zero-order valence-corrected chi connectivity index (χ0v) is 9.27. The van der Waals surface area contributed by atoms with Crippen LogP contribution in [-0.2, 0) is 4.79 Å². The highest BCUT2D eigenvalue weighted by Crippen LogP contribution is 2.09. The predicted molar refractivity (Wildman–Crippen MR) is 63.9 cm³/mol. The zero-order valence-electron chi connectivity index (χ0n) is 9.27.